The fourth-order valence-electron chi connectivity index (χ4n) is 2.96. The van der Waals surface area contributed by atoms with Crippen molar-refractivity contribution in [2.24, 2.45) is 0 Å². The minimum absolute atomic E-state index is 0.186. The largest absolute Gasteiger partial charge is 0.508 e. The van der Waals surface area contributed by atoms with E-state index in [2.05, 4.69) is 21.4 Å². The molecule has 0 aliphatic rings. The second-order valence-electron chi connectivity index (χ2n) is 6.14. The number of terminal acetylenes is 1. The molecule has 136 valence electrons. The molecule has 0 atom stereocenters. The molecular formula is C23H17N3O2. The van der Waals surface area contributed by atoms with E-state index in [4.69, 9.17) is 11.2 Å². The fraction of sp³-hybridized carbons (Fsp3) is 0.0435. The van der Waals surface area contributed by atoms with Crippen LogP contribution < -0.4 is 10.1 Å². The van der Waals surface area contributed by atoms with Crippen LogP contribution in [0.4, 0.5) is 11.5 Å². The summed E-state index contributed by atoms with van der Waals surface area (Å²) in [7, 11) is 0. The first-order valence-electron chi connectivity index (χ1n) is 8.73. The number of hydrogen-bond acceptors (Lipinski definition) is 5. The number of phenolic OH excluding ortho intramolecular Hbond substituents is 1. The van der Waals surface area contributed by atoms with Gasteiger partial charge >= 0.3 is 0 Å². The van der Waals surface area contributed by atoms with Gasteiger partial charge in [-0.2, -0.15) is 0 Å². The van der Waals surface area contributed by atoms with Gasteiger partial charge in [-0.05, 0) is 36.4 Å². The molecule has 5 nitrogen and oxygen atoms in total. The Morgan fingerprint density at radius 2 is 1.71 bits per heavy atom. The van der Waals surface area contributed by atoms with Gasteiger partial charge in [0, 0.05) is 28.1 Å². The summed E-state index contributed by atoms with van der Waals surface area (Å²) in [6.45, 7) is 0.234. The maximum atomic E-state index is 9.68. The van der Waals surface area contributed by atoms with Crippen molar-refractivity contribution in [2.45, 2.75) is 0 Å². The number of aromatic hydroxyl groups is 1. The topological polar surface area (TPSA) is 67.3 Å². The van der Waals surface area contributed by atoms with E-state index in [1.807, 2.05) is 54.6 Å². The van der Waals surface area contributed by atoms with Crippen LogP contribution in [0.3, 0.4) is 0 Å². The van der Waals surface area contributed by atoms with Crippen LogP contribution in [0, 0.1) is 12.3 Å². The number of benzene rings is 3. The van der Waals surface area contributed by atoms with Gasteiger partial charge < -0.3 is 15.2 Å². The Bertz CT molecular complexity index is 1160. The molecule has 0 aliphatic heterocycles. The predicted octanol–water partition coefficient (Wildman–Crippen LogP) is 4.76. The lowest BCUT2D eigenvalue weighted by molar-refractivity contribution is 0.370. The highest BCUT2D eigenvalue weighted by molar-refractivity contribution is 6.00. The summed E-state index contributed by atoms with van der Waals surface area (Å²) in [4.78, 5) is 0. The van der Waals surface area contributed by atoms with Crippen molar-refractivity contribution in [3.8, 4) is 35.1 Å². The Morgan fingerprint density at radius 3 is 2.46 bits per heavy atom. The van der Waals surface area contributed by atoms with Gasteiger partial charge in [0.2, 0.25) is 0 Å². The zero-order valence-electron chi connectivity index (χ0n) is 15.0. The lowest BCUT2D eigenvalue weighted by Crippen LogP contribution is -1.99. The lowest BCUT2D eigenvalue weighted by atomic mass is 10.0. The van der Waals surface area contributed by atoms with Crippen LogP contribution in [0.1, 0.15) is 0 Å². The van der Waals surface area contributed by atoms with Crippen LogP contribution in [0.15, 0.2) is 72.8 Å². The third-order valence-electron chi connectivity index (χ3n) is 4.25. The molecule has 0 radical (unpaired) electrons. The summed E-state index contributed by atoms with van der Waals surface area (Å²) in [6, 6.07) is 22.4. The molecule has 4 aromatic rings. The molecule has 28 heavy (non-hydrogen) atoms. The van der Waals surface area contributed by atoms with Crippen LogP contribution in [0.5, 0.6) is 11.5 Å². The normalized spacial score (nSPS) is 10.4. The predicted molar refractivity (Wildman–Crippen MR) is 111 cm³/mol. The van der Waals surface area contributed by atoms with E-state index >= 15 is 0 Å². The zero-order chi connectivity index (χ0) is 19.3. The highest BCUT2D eigenvalue weighted by Gasteiger charge is 2.11. The summed E-state index contributed by atoms with van der Waals surface area (Å²) < 4.78 is 5.43. The van der Waals surface area contributed by atoms with Gasteiger partial charge in [-0.15, -0.1) is 16.6 Å². The third-order valence-corrected chi connectivity index (χ3v) is 4.25. The molecule has 0 fully saturated rings. The summed E-state index contributed by atoms with van der Waals surface area (Å²) in [6.07, 6.45) is 5.22. The molecule has 3 aromatic carbocycles. The fourth-order valence-corrected chi connectivity index (χ4v) is 2.96. The average Bonchev–Trinajstić information content (AvgIpc) is 2.73. The molecule has 4 rings (SSSR count). The second-order valence-corrected chi connectivity index (χ2v) is 6.14. The van der Waals surface area contributed by atoms with E-state index in [1.165, 1.54) is 0 Å². The maximum absolute atomic E-state index is 9.68. The molecule has 0 spiro atoms. The number of nitrogens with one attached hydrogen (secondary N) is 1. The Morgan fingerprint density at radius 1 is 0.929 bits per heavy atom. The number of rotatable bonds is 5. The molecule has 0 aliphatic carbocycles. The van der Waals surface area contributed by atoms with Gasteiger partial charge in [-0.25, -0.2) is 0 Å². The van der Waals surface area contributed by atoms with Gasteiger partial charge in [0.1, 0.15) is 23.8 Å². The van der Waals surface area contributed by atoms with Crippen LogP contribution >= 0.6 is 0 Å². The van der Waals surface area contributed by atoms with Crippen LogP contribution in [0.2, 0.25) is 0 Å². The van der Waals surface area contributed by atoms with Crippen molar-refractivity contribution < 1.29 is 9.84 Å². The number of ether oxygens (including phenoxy) is 1. The number of hydrogen-bond donors (Lipinski definition) is 2. The number of anilines is 2. The van der Waals surface area contributed by atoms with Gasteiger partial charge in [-0.1, -0.05) is 36.3 Å². The molecule has 0 saturated heterocycles. The summed E-state index contributed by atoms with van der Waals surface area (Å²) in [5, 5.41) is 23.6. The Balaban J connectivity index is 1.72. The quantitative estimate of drug-likeness (QED) is 0.498. The molecular weight excluding hydrogens is 350 g/mol. The second kappa shape index (κ2) is 7.68. The molecule has 0 bridgehead atoms. The van der Waals surface area contributed by atoms with Gasteiger partial charge in [0.25, 0.3) is 0 Å². The molecule has 0 saturated carbocycles. The number of fused-ring (bicyclic) bond motifs is 1. The number of phenols is 1. The van der Waals surface area contributed by atoms with Crippen LogP contribution in [0.25, 0.3) is 22.0 Å². The average molecular weight is 367 g/mol. The standard InChI is InChI=1S/C23H17N3O2/c1-2-14-28-19-12-10-16(11-13-19)22-20-8-3-4-9-21(20)23(26-25-22)24-17-6-5-7-18(27)15-17/h1,3-13,15,27H,14H2,(H,24,26). The molecule has 5 heteroatoms. The zero-order valence-corrected chi connectivity index (χ0v) is 15.0. The lowest BCUT2D eigenvalue weighted by Gasteiger charge is -2.12. The van der Waals surface area contributed by atoms with Crippen LogP contribution in [-0.2, 0) is 0 Å². The molecule has 0 amide bonds. The highest BCUT2D eigenvalue weighted by Crippen LogP contribution is 2.32. The van der Waals surface area contributed by atoms with Gasteiger partial charge in [0.15, 0.2) is 5.82 Å². The maximum Gasteiger partial charge on any atom is 0.161 e. The first-order valence-corrected chi connectivity index (χ1v) is 8.73. The number of nitrogens with zero attached hydrogens (tertiary/aromatic N) is 2. The number of aromatic nitrogens is 2. The van der Waals surface area contributed by atoms with Crippen molar-refractivity contribution in [3.63, 3.8) is 0 Å². The molecule has 1 aromatic heterocycles. The Hall–Kier alpha value is -4.04. The smallest absolute Gasteiger partial charge is 0.161 e. The molecule has 2 N–H and O–H groups in total. The van der Waals surface area contributed by atoms with Crippen molar-refractivity contribution in [1.82, 2.24) is 10.2 Å². The first-order chi connectivity index (χ1) is 13.7. The highest BCUT2D eigenvalue weighted by atomic mass is 16.5. The van der Waals surface area contributed by atoms with E-state index in [0.29, 0.717) is 11.6 Å². The van der Waals surface area contributed by atoms with Crippen molar-refractivity contribution in [2.75, 3.05) is 11.9 Å². The SMILES string of the molecule is C#CCOc1ccc(-c2nnc(Nc3cccc(O)c3)c3ccccc23)cc1. The Kier molecular flexibility index (Phi) is 4.77. The van der Waals surface area contributed by atoms with Crippen molar-refractivity contribution >= 4 is 22.3 Å². The summed E-state index contributed by atoms with van der Waals surface area (Å²) >= 11 is 0. The van der Waals surface area contributed by atoms with Crippen molar-refractivity contribution in [3.05, 3.63) is 72.8 Å². The van der Waals surface area contributed by atoms with E-state index < -0.39 is 0 Å². The van der Waals surface area contributed by atoms with E-state index in [1.54, 1.807) is 18.2 Å². The molecule has 1 heterocycles. The van der Waals surface area contributed by atoms with Crippen LogP contribution in [-0.4, -0.2) is 21.9 Å². The minimum Gasteiger partial charge on any atom is -0.508 e. The van der Waals surface area contributed by atoms with Crippen molar-refractivity contribution in [1.29, 1.82) is 0 Å². The third kappa shape index (κ3) is 3.57. The monoisotopic (exact) mass is 367 g/mol. The summed E-state index contributed by atoms with van der Waals surface area (Å²) in [5.74, 6) is 3.97. The van der Waals surface area contributed by atoms with E-state index in [-0.39, 0.29) is 12.4 Å². The van der Waals surface area contributed by atoms with E-state index in [0.717, 1.165) is 27.7 Å². The van der Waals surface area contributed by atoms with Gasteiger partial charge in [-0.3, -0.25) is 0 Å². The Labute approximate surface area is 162 Å². The molecule has 0 unspecified atom stereocenters. The summed E-state index contributed by atoms with van der Waals surface area (Å²) in [5.41, 5.74) is 2.45. The van der Waals surface area contributed by atoms with Gasteiger partial charge in [0.05, 0.1) is 0 Å². The van der Waals surface area contributed by atoms with E-state index in [9.17, 15) is 5.11 Å². The first kappa shape index (κ1) is 17.4. The minimum atomic E-state index is 0.186.